The van der Waals surface area contributed by atoms with Crippen molar-refractivity contribution in [2.24, 2.45) is 0 Å². The molecule has 0 saturated carbocycles. The van der Waals surface area contributed by atoms with Crippen molar-refractivity contribution >= 4 is 28.7 Å². The topological polar surface area (TPSA) is 56.8 Å². The maximum absolute atomic E-state index is 12.5. The summed E-state index contributed by atoms with van der Waals surface area (Å²) in [6.45, 7) is 2.67. The maximum Gasteiger partial charge on any atom is 0.407 e. The van der Waals surface area contributed by atoms with Crippen molar-refractivity contribution in [2.45, 2.75) is 44.9 Å². The van der Waals surface area contributed by atoms with Crippen LogP contribution in [-0.4, -0.2) is 26.1 Å². The van der Waals surface area contributed by atoms with Crippen LogP contribution in [0.1, 0.15) is 43.4 Å². The number of hydrogen-bond donors (Lipinski definition) is 1. The van der Waals surface area contributed by atoms with Gasteiger partial charge in [-0.05, 0) is 52.6 Å². The summed E-state index contributed by atoms with van der Waals surface area (Å²) in [5.74, 6) is 0. The van der Waals surface area contributed by atoms with E-state index in [4.69, 9.17) is 14.2 Å². The molecule has 0 aliphatic rings. The lowest BCUT2D eigenvalue weighted by Crippen LogP contribution is -2.33. The summed E-state index contributed by atoms with van der Waals surface area (Å²) in [6.07, 6.45) is 1.43. The molecule has 0 aliphatic carbocycles. The first-order valence-electron chi connectivity index (χ1n) is 9.49. The third-order valence-electron chi connectivity index (χ3n) is 4.30. The largest absolute Gasteiger partial charge is 0.443 e. The zero-order chi connectivity index (χ0) is 20.2. The Bertz CT molecular complexity index is 711. The molecule has 0 aromatic heterocycles. The Labute approximate surface area is 180 Å². The number of methoxy groups -OCH3 is 1. The molecule has 28 heavy (non-hydrogen) atoms. The van der Waals surface area contributed by atoms with Gasteiger partial charge >= 0.3 is 6.09 Å². The first-order valence-corrected chi connectivity index (χ1v) is 10.6. The van der Waals surface area contributed by atoms with Gasteiger partial charge in [0.1, 0.15) is 19.0 Å². The highest BCUT2D eigenvalue weighted by Crippen LogP contribution is 2.30. The van der Waals surface area contributed by atoms with Gasteiger partial charge in [-0.1, -0.05) is 61.9 Å². The molecular weight excluding hydrogens is 469 g/mol. The molecule has 0 bridgehead atoms. The van der Waals surface area contributed by atoms with Gasteiger partial charge in [0.15, 0.2) is 0 Å². The highest BCUT2D eigenvalue weighted by molar-refractivity contribution is 14.1. The van der Waals surface area contributed by atoms with Crippen molar-refractivity contribution in [1.82, 2.24) is 5.32 Å². The molecule has 2 aromatic carbocycles. The van der Waals surface area contributed by atoms with E-state index in [1.54, 1.807) is 7.11 Å². The molecule has 0 spiro atoms. The van der Waals surface area contributed by atoms with Gasteiger partial charge in [-0.25, -0.2) is 4.79 Å². The number of carbonyl (C=O) groups is 1. The summed E-state index contributed by atoms with van der Waals surface area (Å²) in [7, 11) is 1.58. The minimum absolute atomic E-state index is 0.132. The van der Waals surface area contributed by atoms with E-state index in [2.05, 4.69) is 34.8 Å². The third kappa shape index (κ3) is 7.41. The average molecular weight is 497 g/mol. The van der Waals surface area contributed by atoms with Crippen molar-refractivity contribution in [3.8, 4) is 0 Å². The molecule has 1 amide bonds. The second kappa shape index (κ2) is 12.7. The van der Waals surface area contributed by atoms with Gasteiger partial charge in [-0.15, -0.1) is 0 Å². The van der Waals surface area contributed by atoms with E-state index in [1.165, 1.54) is 0 Å². The molecule has 1 N–H and O–H groups in total. The first kappa shape index (κ1) is 22.6. The molecule has 152 valence electrons. The van der Waals surface area contributed by atoms with Crippen molar-refractivity contribution in [3.05, 3.63) is 69.3 Å². The second-order valence-corrected chi connectivity index (χ2v) is 7.60. The smallest absolute Gasteiger partial charge is 0.407 e. The highest BCUT2D eigenvalue weighted by atomic mass is 127. The molecule has 2 atom stereocenters. The Kier molecular flexibility index (Phi) is 10.3. The number of benzene rings is 2. The van der Waals surface area contributed by atoms with E-state index in [0.29, 0.717) is 13.0 Å². The molecule has 0 unspecified atom stereocenters. The van der Waals surface area contributed by atoms with Crippen LogP contribution < -0.4 is 5.32 Å². The maximum atomic E-state index is 12.5. The Balaban J connectivity index is 2.10. The van der Waals surface area contributed by atoms with Gasteiger partial charge in [0.2, 0.25) is 0 Å². The summed E-state index contributed by atoms with van der Waals surface area (Å²) in [5.41, 5.74) is 2.02. The van der Waals surface area contributed by atoms with Crippen LogP contribution in [-0.2, 0) is 20.8 Å². The zero-order valence-electron chi connectivity index (χ0n) is 16.4. The standard InChI is InChI=1S/C22H28INO4/c1-3-4-14-20(28-22(25)24-15-17-10-6-5-7-11-17)21(27-16-26-2)18-12-8-9-13-19(18)23/h5-13,20-21H,3-4,14-16H2,1-2H3,(H,24,25)/t20-,21-/m0/s1. The predicted octanol–water partition coefficient (Wildman–Crippen LogP) is 5.44. The fraction of sp³-hybridized carbons (Fsp3) is 0.409. The summed E-state index contributed by atoms with van der Waals surface area (Å²) >= 11 is 2.28. The number of halogens is 1. The number of rotatable bonds is 11. The van der Waals surface area contributed by atoms with Crippen molar-refractivity contribution in [2.75, 3.05) is 13.9 Å². The summed E-state index contributed by atoms with van der Waals surface area (Å²) in [4.78, 5) is 12.5. The lowest BCUT2D eigenvalue weighted by molar-refractivity contribution is -0.118. The van der Waals surface area contributed by atoms with Crippen LogP contribution in [0, 0.1) is 3.57 Å². The number of amides is 1. The molecular formula is C22H28INO4. The highest BCUT2D eigenvalue weighted by Gasteiger charge is 2.29. The van der Waals surface area contributed by atoms with Crippen molar-refractivity contribution < 1.29 is 19.0 Å². The van der Waals surface area contributed by atoms with E-state index in [1.807, 2.05) is 54.6 Å². The number of ether oxygens (including phenoxy) is 3. The van der Waals surface area contributed by atoms with Crippen LogP contribution in [0.5, 0.6) is 0 Å². The number of hydrogen-bond acceptors (Lipinski definition) is 4. The summed E-state index contributed by atoms with van der Waals surface area (Å²) in [6, 6.07) is 17.7. The van der Waals surface area contributed by atoms with Crippen molar-refractivity contribution in [1.29, 1.82) is 0 Å². The Hall–Kier alpha value is -1.64. The van der Waals surface area contributed by atoms with E-state index >= 15 is 0 Å². The Morgan fingerprint density at radius 1 is 1.11 bits per heavy atom. The SMILES string of the molecule is CCCC[C@H](OC(=O)NCc1ccccc1)[C@@H](OCOC)c1ccccc1I. The van der Waals surface area contributed by atoms with Crippen molar-refractivity contribution in [3.63, 3.8) is 0 Å². The number of unbranched alkanes of at least 4 members (excludes halogenated alkanes) is 1. The lowest BCUT2D eigenvalue weighted by atomic mass is 10.00. The second-order valence-electron chi connectivity index (χ2n) is 6.44. The number of alkyl carbamates (subject to hydrolysis) is 1. The first-order chi connectivity index (χ1) is 13.7. The predicted molar refractivity (Wildman–Crippen MR) is 118 cm³/mol. The van der Waals surface area contributed by atoms with E-state index in [9.17, 15) is 4.79 Å². The molecule has 6 heteroatoms. The third-order valence-corrected chi connectivity index (χ3v) is 5.28. The average Bonchev–Trinajstić information content (AvgIpc) is 2.72. The van der Waals surface area contributed by atoms with E-state index in [-0.39, 0.29) is 12.9 Å². The fourth-order valence-corrected chi connectivity index (χ4v) is 3.57. The van der Waals surface area contributed by atoms with Crippen LogP contribution in [0.3, 0.4) is 0 Å². The number of nitrogens with one attached hydrogen (secondary N) is 1. The molecule has 2 rings (SSSR count). The Morgan fingerprint density at radius 3 is 2.50 bits per heavy atom. The Morgan fingerprint density at radius 2 is 1.82 bits per heavy atom. The van der Waals surface area contributed by atoms with E-state index < -0.39 is 12.2 Å². The van der Waals surface area contributed by atoms with Crippen LogP contribution in [0.15, 0.2) is 54.6 Å². The van der Waals surface area contributed by atoms with Gasteiger partial charge < -0.3 is 19.5 Å². The molecule has 0 saturated heterocycles. The molecule has 0 radical (unpaired) electrons. The van der Waals surface area contributed by atoms with Gasteiger partial charge in [-0.2, -0.15) is 0 Å². The van der Waals surface area contributed by atoms with Gasteiger partial charge in [0.25, 0.3) is 0 Å². The van der Waals surface area contributed by atoms with Crippen LogP contribution in [0.4, 0.5) is 4.79 Å². The molecule has 5 nitrogen and oxygen atoms in total. The molecule has 2 aromatic rings. The zero-order valence-corrected chi connectivity index (χ0v) is 18.6. The lowest BCUT2D eigenvalue weighted by Gasteiger charge is -2.28. The fourth-order valence-electron chi connectivity index (χ4n) is 2.87. The van der Waals surface area contributed by atoms with Gasteiger partial charge in [0.05, 0.1) is 0 Å². The quantitative estimate of drug-likeness (QED) is 0.332. The summed E-state index contributed by atoms with van der Waals surface area (Å²) in [5, 5.41) is 2.83. The van der Waals surface area contributed by atoms with Crippen LogP contribution in [0.25, 0.3) is 0 Å². The minimum atomic E-state index is -0.443. The number of carbonyl (C=O) groups excluding carboxylic acids is 1. The van der Waals surface area contributed by atoms with E-state index in [0.717, 1.165) is 27.5 Å². The van der Waals surface area contributed by atoms with Crippen LogP contribution in [0.2, 0.25) is 0 Å². The normalized spacial score (nSPS) is 13.0. The minimum Gasteiger partial charge on any atom is -0.443 e. The monoisotopic (exact) mass is 497 g/mol. The molecule has 0 aliphatic heterocycles. The summed E-state index contributed by atoms with van der Waals surface area (Å²) < 4.78 is 17.9. The molecule has 0 fully saturated rings. The molecule has 0 heterocycles. The van der Waals surface area contributed by atoms with Gasteiger partial charge in [0, 0.05) is 17.2 Å². The van der Waals surface area contributed by atoms with Crippen LogP contribution >= 0.6 is 22.6 Å². The van der Waals surface area contributed by atoms with Gasteiger partial charge in [-0.3, -0.25) is 0 Å².